The van der Waals surface area contributed by atoms with Gasteiger partial charge in [0, 0.05) is 23.9 Å². The largest absolute Gasteiger partial charge is 0.375 e. The monoisotopic (exact) mass is 394 g/mol. The highest BCUT2D eigenvalue weighted by molar-refractivity contribution is 5.93. The molecule has 3 aromatic carbocycles. The number of aliphatic hydroxyl groups is 1. The summed E-state index contributed by atoms with van der Waals surface area (Å²) in [6.45, 7) is 0.581. The molecule has 4 nitrogen and oxygen atoms in total. The lowest BCUT2D eigenvalue weighted by Crippen LogP contribution is -2.49. The number of hydrogen-bond acceptors (Lipinski definition) is 2. The van der Waals surface area contributed by atoms with Crippen molar-refractivity contribution in [3.05, 3.63) is 107 Å². The van der Waals surface area contributed by atoms with Crippen molar-refractivity contribution in [1.82, 2.24) is 9.88 Å². The van der Waals surface area contributed by atoms with E-state index in [1.54, 1.807) is 0 Å². The smallest absolute Gasteiger partial charge is 0.260 e. The molecule has 4 aromatic rings. The molecule has 0 aliphatic carbocycles. The predicted molar refractivity (Wildman–Crippen MR) is 116 cm³/mol. The van der Waals surface area contributed by atoms with Gasteiger partial charge < -0.3 is 15.0 Å². The van der Waals surface area contributed by atoms with Crippen LogP contribution < -0.4 is 0 Å². The van der Waals surface area contributed by atoms with Gasteiger partial charge in [-0.3, -0.25) is 4.79 Å². The highest BCUT2D eigenvalue weighted by atomic mass is 16.3. The maximum absolute atomic E-state index is 13.7. The van der Waals surface area contributed by atoms with Crippen LogP contribution in [0.2, 0.25) is 0 Å². The fourth-order valence-corrected chi connectivity index (χ4v) is 5.55. The van der Waals surface area contributed by atoms with Crippen molar-refractivity contribution >= 4 is 16.8 Å². The second-order valence-corrected chi connectivity index (χ2v) is 8.36. The van der Waals surface area contributed by atoms with Gasteiger partial charge in [-0.05, 0) is 29.2 Å². The van der Waals surface area contributed by atoms with E-state index in [-0.39, 0.29) is 12.3 Å². The van der Waals surface area contributed by atoms with Crippen LogP contribution in [0, 0.1) is 0 Å². The lowest BCUT2D eigenvalue weighted by molar-refractivity contribution is -0.145. The first-order valence-corrected chi connectivity index (χ1v) is 10.4. The normalized spacial score (nSPS) is 25.4. The highest BCUT2D eigenvalue weighted by Crippen LogP contribution is 2.55. The second kappa shape index (κ2) is 6.07. The molecule has 0 spiro atoms. The van der Waals surface area contributed by atoms with Gasteiger partial charge in [-0.25, -0.2) is 0 Å². The van der Waals surface area contributed by atoms with E-state index in [0.717, 1.165) is 23.2 Å². The number of H-pyrrole nitrogens is 1. The maximum atomic E-state index is 13.7. The van der Waals surface area contributed by atoms with Crippen molar-refractivity contribution in [2.45, 2.75) is 24.0 Å². The number of nitrogens with one attached hydrogen (secondary N) is 1. The number of rotatable bonds is 2. The van der Waals surface area contributed by atoms with Crippen LogP contribution in [0.4, 0.5) is 0 Å². The van der Waals surface area contributed by atoms with E-state index < -0.39 is 11.1 Å². The van der Waals surface area contributed by atoms with Gasteiger partial charge in [-0.15, -0.1) is 0 Å². The van der Waals surface area contributed by atoms with Crippen molar-refractivity contribution in [3.8, 4) is 0 Å². The average Bonchev–Trinajstić information content (AvgIpc) is 3.30. The van der Waals surface area contributed by atoms with Crippen molar-refractivity contribution in [2.75, 3.05) is 6.54 Å². The van der Waals surface area contributed by atoms with Gasteiger partial charge in [0.15, 0.2) is 5.60 Å². The van der Waals surface area contributed by atoms with Crippen LogP contribution in [0.25, 0.3) is 10.9 Å². The third kappa shape index (κ3) is 2.12. The molecule has 1 amide bonds. The number of carbonyl (C=O) groups excluding carboxylic acids is 1. The number of amides is 1. The summed E-state index contributed by atoms with van der Waals surface area (Å²) in [5, 5.41) is 13.0. The third-order valence-corrected chi connectivity index (χ3v) is 6.89. The van der Waals surface area contributed by atoms with Crippen LogP contribution in [0.5, 0.6) is 0 Å². The minimum atomic E-state index is -1.56. The molecule has 1 fully saturated rings. The lowest BCUT2D eigenvalue weighted by atomic mass is 9.75. The summed E-state index contributed by atoms with van der Waals surface area (Å²) in [4.78, 5) is 19.3. The van der Waals surface area contributed by atoms with Crippen LogP contribution in [-0.4, -0.2) is 27.4 Å². The van der Waals surface area contributed by atoms with Crippen LogP contribution in [0.15, 0.2) is 84.9 Å². The summed E-state index contributed by atoms with van der Waals surface area (Å²) < 4.78 is 0. The molecule has 30 heavy (non-hydrogen) atoms. The second-order valence-electron chi connectivity index (χ2n) is 8.36. The molecule has 1 aromatic heterocycles. The standard InChI is InChI=1S/C26H22N2O2/c29-24-26(30,19-11-5-2-6-12-19)17-25(18-9-3-1-4-10-18)23-21(15-16-28(24)25)20-13-7-8-14-22(20)27-23/h1-14,27,30H,15-17H2/t25-,26-/m1/s1. The van der Waals surface area contributed by atoms with E-state index in [2.05, 4.69) is 35.3 Å². The van der Waals surface area contributed by atoms with Gasteiger partial charge in [0.25, 0.3) is 5.91 Å². The molecular formula is C26H22N2O2. The minimum Gasteiger partial charge on any atom is -0.375 e. The summed E-state index contributed by atoms with van der Waals surface area (Å²) in [6, 6.07) is 27.8. The van der Waals surface area contributed by atoms with Crippen molar-refractivity contribution in [3.63, 3.8) is 0 Å². The van der Waals surface area contributed by atoms with E-state index >= 15 is 0 Å². The molecule has 2 atom stereocenters. The van der Waals surface area contributed by atoms with Gasteiger partial charge >= 0.3 is 0 Å². The SMILES string of the molecule is O=C1N2CCc3c([nH]c4ccccc34)[C@]2(c2ccccc2)C[C@@]1(O)c1ccccc1. The molecule has 0 radical (unpaired) electrons. The van der Waals surface area contributed by atoms with Crippen LogP contribution in [0.1, 0.15) is 28.8 Å². The van der Waals surface area contributed by atoms with E-state index in [1.807, 2.05) is 59.5 Å². The van der Waals surface area contributed by atoms with Gasteiger partial charge in [0.1, 0.15) is 5.54 Å². The molecule has 2 aliphatic rings. The Balaban J connectivity index is 1.66. The zero-order valence-electron chi connectivity index (χ0n) is 16.5. The fourth-order valence-electron chi connectivity index (χ4n) is 5.55. The Bertz CT molecular complexity index is 1260. The molecule has 6 rings (SSSR count). The Morgan fingerprint density at radius 2 is 1.47 bits per heavy atom. The molecule has 2 N–H and O–H groups in total. The number of nitrogens with zero attached hydrogens (tertiary/aromatic N) is 1. The van der Waals surface area contributed by atoms with Gasteiger partial charge in [0.05, 0.1) is 5.69 Å². The number of para-hydroxylation sites is 1. The zero-order valence-corrected chi connectivity index (χ0v) is 16.5. The number of hydrogen-bond donors (Lipinski definition) is 2. The third-order valence-electron chi connectivity index (χ3n) is 6.89. The topological polar surface area (TPSA) is 56.3 Å². The highest BCUT2D eigenvalue weighted by Gasteiger charge is 2.63. The van der Waals surface area contributed by atoms with Crippen molar-refractivity contribution in [1.29, 1.82) is 0 Å². The summed E-state index contributed by atoms with van der Waals surface area (Å²) in [7, 11) is 0. The molecule has 0 unspecified atom stereocenters. The lowest BCUT2D eigenvalue weighted by Gasteiger charge is -2.42. The van der Waals surface area contributed by atoms with Crippen LogP contribution in [-0.2, 0) is 22.4 Å². The number of fused-ring (bicyclic) bond motifs is 5. The Morgan fingerprint density at radius 1 is 0.833 bits per heavy atom. The number of aromatic nitrogens is 1. The number of carbonyl (C=O) groups is 1. The molecule has 1 saturated heterocycles. The van der Waals surface area contributed by atoms with Gasteiger partial charge in [-0.2, -0.15) is 0 Å². The maximum Gasteiger partial charge on any atom is 0.260 e. The van der Waals surface area contributed by atoms with Crippen LogP contribution in [0.3, 0.4) is 0 Å². The molecule has 148 valence electrons. The summed E-state index contributed by atoms with van der Waals surface area (Å²) in [6.07, 6.45) is 1.05. The Kier molecular flexibility index (Phi) is 3.54. The molecule has 3 heterocycles. The molecule has 0 bridgehead atoms. The first-order chi connectivity index (χ1) is 14.6. The van der Waals surface area contributed by atoms with Crippen molar-refractivity contribution < 1.29 is 9.90 Å². The average molecular weight is 394 g/mol. The summed E-state index contributed by atoms with van der Waals surface area (Å²) in [5.41, 5.74) is 2.74. The number of aromatic amines is 1. The molecular weight excluding hydrogens is 372 g/mol. The number of benzene rings is 3. The predicted octanol–water partition coefficient (Wildman–Crippen LogP) is 4.09. The van der Waals surface area contributed by atoms with E-state index in [1.165, 1.54) is 10.9 Å². The van der Waals surface area contributed by atoms with Gasteiger partial charge in [0.2, 0.25) is 0 Å². The van der Waals surface area contributed by atoms with E-state index in [9.17, 15) is 9.90 Å². The molecule has 0 saturated carbocycles. The van der Waals surface area contributed by atoms with Gasteiger partial charge in [-0.1, -0.05) is 78.9 Å². The first-order valence-electron chi connectivity index (χ1n) is 10.4. The molecule has 4 heteroatoms. The van der Waals surface area contributed by atoms with Crippen LogP contribution >= 0.6 is 0 Å². The Hall–Kier alpha value is -3.37. The summed E-state index contributed by atoms with van der Waals surface area (Å²) >= 11 is 0. The quantitative estimate of drug-likeness (QED) is 0.538. The Labute approximate surface area is 174 Å². The first kappa shape index (κ1) is 17.5. The van der Waals surface area contributed by atoms with E-state index in [0.29, 0.717) is 12.1 Å². The minimum absolute atomic E-state index is 0.221. The van der Waals surface area contributed by atoms with E-state index in [4.69, 9.17) is 0 Å². The van der Waals surface area contributed by atoms with Crippen molar-refractivity contribution in [2.24, 2.45) is 0 Å². The fraction of sp³-hybridized carbons (Fsp3) is 0.192. The zero-order chi connectivity index (χ0) is 20.3. The summed E-state index contributed by atoms with van der Waals surface area (Å²) in [5.74, 6) is -0.221. The molecule has 2 aliphatic heterocycles. The Morgan fingerprint density at radius 3 is 2.20 bits per heavy atom.